The van der Waals surface area contributed by atoms with Gasteiger partial charge in [0.1, 0.15) is 5.82 Å². The highest BCUT2D eigenvalue weighted by atomic mass is 19.1. The smallest absolute Gasteiger partial charge is 0.308 e. The summed E-state index contributed by atoms with van der Waals surface area (Å²) in [5.74, 6) is -3.65. The summed E-state index contributed by atoms with van der Waals surface area (Å²) >= 11 is 0. The van der Waals surface area contributed by atoms with Crippen LogP contribution in [-0.2, 0) is 16.0 Å². The molecule has 1 heterocycles. The van der Waals surface area contributed by atoms with E-state index in [2.05, 4.69) is 10.6 Å². The van der Waals surface area contributed by atoms with Crippen molar-refractivity contribution >= 4 is 23.5 Å². The molecule has 1 aliphatic heterocycles. The third-order valence-electron chi connectivity index (χ3n) is 4.67. The lowest BCUT2D eigenvalue weighted by Gasteiger charge is -2.24. The highest BCUT2D eigenvalue weighted by Crippen LogP contribution is 2.27. The largest absolute Gasteiger partial charge is 0.481 e. The third kappa shape index (κ3) is 3.97. The quantitative estimate of drug-likeness (QED) is 0.754. The van der Waals surface area contributed by atoms with Crippen molar-refractivity contribution in [3.8, 4) is 0 Å². The molecular weight excluding hydrogens is 351 g/mol. The van der Waals surface area contributed by atoms with Crippen LogP contribution in [0, 0.1) is 11.7 Å². The Bertz CT molecular complexity index is 898. The highest BCUT2D eigenvalue weighted by molar-refractivity contribution is 5.98. The molecule has 0 saturated carbocycles. The number of anilines is 1. The second-order valence-electron chi connectivity index (χ2n) is 6.53. The molecule has 2 amide bonds. The Balaban J connectivity index is 1.90. The normalized spacial score (nSPS) is 15.3. The molecule has 7 heteroatoms. The molecule has 6 nitrogen and oxygen atoms in total. The minimum absolute atomic E-state index is 0.177. The number of amides is 2. The summed E-state index contributed by atoms with van der Waals surface area (Å²) in [7, 11) is 0. The average molecular weight is 370 g/mol. The van der Waals surface area contributed by atoms with Gasteiger partial charge in [0, 0.05) is 12.1 Å². The Morgan fingerprint density at radius 3 is 2.56 bits per heavy atom. The van der Waals surface area contributed by atoms with Crippen molar-refractivity contribution in [2.75, 3.05) is 5.32 Å². The molecule has 2 aromatic carbocycles. The molecule has 2 aromatic rings. The van der Waals surface area contributed by atoms with Gasteiger partial charge in [0.25, 0.3) is 5.91 Å². The molecule has 0 spiro atoms. The molecule has 2 atom stereocenters. The fraction of sp³-hybridized carbons (Fsp3) is 0.250. The van der Waals surface area contributed by atoms with Crippen LogP contribution in [0.3, 0.4) is 0 Å². The van der Waals surface area contributed by atoms with Gasteiger partial charge in [-0.3, -0.25) is 14.4 Å². The molecule has 140 valence electrons. The lowest BCUT2D eigenvalue weighted by molar-refractivity contribution is -0.142. The van der Waals surface area contributed by atoms with E-state index in [1.54, 1.807) is 30.3 Å². The van der Waals surface area contributed by atoms with Gasteiger partial charge in [0.2, 0.25) is 5.91 Å². The molecule has 2 unspecified atom stereocenters. The Hall–Kier alpha value is -3.22. The molecule has 0 saturated heterocycles. The summed E-state index contributed by atoms with van der Waals surface area (Å²) in [5.41, 5.74) is 1.47. The van der Waals surface area contributed by atoms with Gasteiger partial charge in [-0.25, -0.2) is 4.39 Å². The van der Waals surface area contributed by atoms with Crippen LogP contribution in [0.5, 0.6) is 0 Å². The number of carboxylic acids is 1. The fourth-order valence-electron chi connectivity index (χ4n) is 3.10. The van der Waals surface area contributed by atoms with E-state index in [-0.39, 0.29) is 17.9 Å². The number of fused-ring (bicyclic) bond motifs is 1. The number of benzene rings is 2. The molecule has 1 aliphatic rings. The van der Waals surface area contributed by atoms with Crippen LogP contribution in [0.15, 0.2) is 42.5 Å². The maximum atomic E-state index is 14.4. The standard InChI is InChI=1S/C20H19FN2O4/c1-11(20(26)27)18(12-5-3-2-4-6-12)23-19(25)14-9-13-7-8-17(24)22-16(13)10-15(14)21/h2-6,9-11,18H,7-8H2,1H3,(H,22,24)(H,23,25)(H,26,27). The van der Waals surface area contributed by atoms with Crippen molar-refractivity contribution in [3.63, 3.8) is 0 Å². The number of halogens is 1. The van der Waals surface area contributed by atoms with Gasteiger partial charge in [-0.05, 0) is 36.6 Å². The van der Waals surface area contributed by atoms with Crippen LogP contribution in [0.1, 0.15) is 40.9 Å². The van der Waals surface area contributed by atoms with Gasteiger partial charge in [-0.15, -0.1) is 0 Å². The molecule has 0 bridgehead atoms. The van der Waals surface area contributed by atoms with Crippen LogP contribution in [-0.4, -0.2) is 22.9 Å². The summed E-state index contributed by atoms with van der Waals surface area (Å²) in [6, 6.07) is 10.4. The number of carbonyl (C=O) groups is 3. The number of aryl methyl sites for hydroxylation is 1. The van der Waals surface area contributed by atoms with E-state index >= 15 is 0 Å². The van der Waals surface area contributed by atoms with Gasteiger partial charge in [-0.1, -0.05) is 30.3 Å². The second-order valence-corrected chi connectivity index (χ2v) is 6.53. The lowest BCUT2D eigenvalue weighted by atomic mass is 9.93. The van der Waals surface area contributed by atoms with Gasteiger partial charge in [-0.2, -0.15) is 0 Å². The molecule has 27 heavy (non-hydrogen) atoms. The van der Waals surface area contributed by atoms with Crippen molar-refractivity contribution in [1.29, 1.82) is 0 Å². The van der Waals surface area contributed by atoms with E-state index in [4.69, 9.17) is 0 Å². The summed E-state index contributed by atoms with van der Waals surface area (Å²) in [4.78, 5) is 35.6. The summed E-state index contributed by atoms with van der Waals surface area (Å²) in [6.07, 6.45) is 0.678. The lowest BCUT2D eigenvalue weighted by Crippen LogP contribution is -2.36. The predicted molar refractivity (Wildman–Crippen MR) is 96.8 cm³/mol. The summed E-state index contributed by atoms with van der Waals surface area (Å²) in [5, 5.41) is 14.6. The van der Waals surface area contributed by atoms with Crippen LogP contribution >= 0.6 is 0 Å². The average Bonchev–Trinajstić information content (AvgIpc) is 2.65. The highest BCUT2D eigenvalue weighted by Gasteiger charge is 2.28. The molecule has 0 fully saturated rings. The Labute approximate surface area is 155 Å². The zero-order valence-corrected chi connectivity index (χ0v) is 14.7. The summed E-state index contributed by atoms with van der Waals surface area (Å²) in [6.45, 7) is 1.49. The fourth-order valence-corrected chi connectivity index (χ4v) is 3.10. The zero-order chi connectivity index (χ0) is 19.6. The van der Waals surface area contributed by atoms with E-state index in [1.807, 2.05) is 0 Å². The molecule has 3 N–H and O–H groups in total. The first-order valence-corrected chi connectivity index (χ1v) is 8.57. The first kappa shape index (κ1) is 18.6. The van der Waals surface area contributed by atoms with Gasteiger partial charge in [0.05, 0.1) is 17.5 Å². The molecule has 3 rings (SSSR count). The summed E-state index contributed by atoms with van der Waals surface area (Å²) < 4.78 is 14.4. The monoisotopic (exact) mass is 370 g/mol. The van der Waals surface area contributed by atoms with Crippen LogP contribution in [0.25, 0.3) is 0 Å². The van der Waals surface area contributed by atoms with Crippen LogP contribution in [0.4, 0.5) is 10.1 Å². The van der Waals surface area contributed by atoms with Crippen molar-refractivity contribution in [3.05, 3.63) is 65.0 Å². The van der Waals surface area contributed by atoms with Gasteiger partial charge < -0.3 is 15.7 Å². The topological polar surface area (TPSA) is 95.5 Å². The number of rotatable bonds is 5. The van der Waals surface area contributed by atoms with Crippen LogP contribution in [0.2, 0.25) is 0 Å². The second kappa shape index (κ2) is 7.57. The number of carboxylic acid groups (broad SMARTS) is 1. The number of nitrogens with one attached hydrogen (secondary N) is 2. The Kier molecular flexibility index (Phi) is 5.21. The third-order valence-corrected chi connectivity index (χ3v) is 4.67. The Morgan fingerprint density at radius 1 is 1.19 bits per heavy atom. The predicted octanol–water partition coefficient (Wildman–Crippen LogP) is 2.90. The van der Waals surface area contributed by atoms with E-state index in [0.29, 0.717) is 23.2 Å². The number of aliphatic carboxylic acids is 1. The minimum Gasteiger partial charge on any atom is -0.481 e. The first-order valence-electron chi connectivity index (χ1n) is 8.57. The van der Waals surface area contributed by atoms with Gasteiger partial charge >= 0.3 is 5.97 Å². The van der Waals surface area contributed by atoms with E-state index in [9.17, 15) is 23.9 Å². The van der Waals surface area contributed by atoms with Crippen molar-refractivity contribution in [2.24, 2.45) is 5.92 Å². The molecule has 0 aliphatic carbocycles. The van der Waals surface area contributed by atoms with E-state index < -0.39 is 29.7 Å². The maximum Gasteiger partial charge on any atom is 0.308 e. The molecule has 0 radical (unpaired) electrons. The van der Waals surface area contributed by atoms with E-state index in [0.717, 1.165) is 6.07 Å². The number of hydrogen-bond acceptors (Lipinski definition) is 3. The SMILES string of the molecule is CC(C(=O)O)C(NC(=O)c1cc2c(cc1F)NC(=O)CC2)c1ccccc1. The van der Waals surface area contributed by atoms with Crippen molar-refractivity contribution in [2.45, 2.75) is 25.8 Å². The molecular formula is C20H19FN2O4. The van der Waals surface area contributed by atoms with Crippen molar-refractivity contribution < 1.29 is 23.9 Å². The van der Waals surface area contributed by atoms with E-state index in [1.165, 1.54) is 13.0 Å². The number of hydrogen-bond donors (Lipinski definition) is 3. The zero-order valence-electron chi connectivity index (χ0n) is 14.7. The number of carbonyl (C=O) groups excluding carboxylic acids is 2. The first-order chi connectivity index (χ1) is 12.9. The Morgan fingerprint density at radius 2 is 1.89 bits per heavy atom. The van der Waals surface area contributed by atoms with Crippen LogP contribution < -0.4 is 10.6 Å². The van der Waals surface area contributed by atoms with Gasteiger partial charge in [0.15, 0.2) is 0 Å². The minimum atomic E-state index is -1.07. The molecule has 0 aromatic heterocycles. The van der Waals surface area contributed by atoms with Crippen molar-refractivity contribution in [1.82, 2.24) is 5.32 Å². The maximum absolute atomic E-state index is 14.4.